The predicted molar refractivity (Wildman–Crippen MR) is 56.7 cm³/mol. The molecule has 0 aliphatic rings. The molecule has 0 aliphatic heterocycles. The summed E-state index contributed by atoms with van der Waals surface area (Å²) in [6.45, 7) is 12.5. The lowest BCUT2D eigenvalue weighted by molar-refractivity contribution is 0.181. The quantitative estimate of drug-likeness (QED) is 0.544. The van der Waals surface area contributed by atoms with Gasteiger partial charge in [-0.05, 0) is 32.9 Å². The Labute approximate surface area is 84.4 Å². The summed E-state index contributed by atoms with van der Waals surface area (Å²) in [5, 5.41) is 11.0. The van der Waals surface area contributed by atoms with Crippen LogP contribution in [0, 0.1) is 6.57 Å². The van der Waals surface area contributed by atoms with Gasteiger partial charge in [-0.2, -0.15) is 0 Å². The fraction of sp³-hybridized carbons (Fsp3) is 0.364. The summed E-state index contributed by atoms with van der Waals surface area (Å²) in [6, 6.07) is 6.85. The lowest BCUT2D eigenvalue weighted by Crippen LogP contribution is -2.38. The summed E-state index contributed by atoms with van der Waals surface area (Å²) in [5.41, 5.74) is 0.945. The molecule has 0 atom stereocenters. The van der Waals surface area contributed by atoms with Gasteiger partial charge in [0, 0.05) is 0 Å². The minimum absolute atomic E-state index is 0.334. The van der Waals surface area contributed by atoms with Crippen LogP contribution in [0.4, 0.5) is 11.4 Å². The maximum atomic E-state index is 9.78. The van der Waals surface area contributed by atoms with Gasteiger partial charge in [0.15, 0.2) is 5.69 Å². The number of hydroxylamine groups is 1. The molecule has 0 aliphatic carbocycles. The van der Waals surface area contributed by atoms with Crippen molar-refractivity contribution in [2.75, 3.05) is 5.06 Å². The average molecular weight is 190 g/mol. The van der Waals surface area contributed by atoms with E-state index in [1.165, 1.54) is 5.06 Å². The molecule has 0 aromatic heterocycles. The van der Waals surface area contributed by atoms with Gasteiger partial charge in [-0.15, -0.1) is 0 Å². The standard InChI is InChI=1S/C11H14N2O/c1-11(2,3)13(14)10-7-5-9(12-4)6-8-10/h5-8,14H,1-3H3. The third kappa shape index (κ3) is 2.24. The van der Waals surface area contributed by atoms with Crippen LogP contribution >= 0.6 is 0 Å². The monoisotopic (exact) mass is 190 g/mol. The molecular weight excluding hydrogens is 176 g/mol. The van der Waals surface area contributed by atoms with Gasteiger partial charge in [-0.25, -0.2) is 4.85 Å². The van der Waals surface area contributed by atoms with Gasteiger partial charge >= 0.3 is 0 Å². The number of benzene rings is 1. The maximum absolute atomic E-state index is 9.78. The second kappa shape index (κ2) is 3.69. The van der Waals surface area contributed by atoms with Crippen LogP contribution in [-0.4, -0.2) is 10.7 Å². The Morgan fingerprint density at radius 1 is 1.21 bits per heavy atom. The van der Waals surface area contributed by atoms with Gasteiger partial charge in [0.05, 0.1) is 17.8 Å². The highest BCUT2D eigenvalue weighted by molar-refractivity contribution is 5.55. The highest BCUT2D eigenvalue weighted by atomic mass is 16.5. The minimum Gasteiger partial charge on any atom is -0.288 e. The molecule has 0 saturated carbocycles. The first-order valence-electron chi connectivity index (χ1n) is 4.42. The molecule has 0 heterocycles. The van der Waals surface area contributed by atoms with E-state index in [-0.39, 0.29) is 5.54 Å². The van der Waals surface area contributed by atoms with Gasteiger partial charge < -0.3 is 0 Å². The molecule has 3 nitrogen and oxygen atoms in total. The third-order valence-corrected chi connectivity index (χ3v) is 1.86. The van der Waals surface area contributed by atoms with Gasteiger partial charge in [0.1, 0.15) is 0 Å². The van der Waals surface area contributed by atoms with Crippen LogP contribution in [0.25, 0.3) is 4.85 Å². The van der Waals surface area contributed by atoms with Crippen molar-refractivity contribution in [1.82, 2.24) is 0 Å². The molecule has 0 spiro atoms. The zero-order chi connectivity index (χ0) is 10.8. The van der Waals surface area contributed by atoms with E-state index in [9.17, 15) is 5.21 Å². The molecule has 3 heteroatoms. The van der Waals surface area contributed by atoms with Crippen LogP contribution in [0.5, 0.6) is 0 Å². The SMILES string of the molecule is [C-]#[N+]c1ccc(N(O)C(C)(C)C)cc1. The zero-order valence-corrected chi connectivity index (χ0v) is 8.65. The molecule has 0 radical (unpaired) electrons. The molecule has 0 bridgehead atoms. The van der Waals surface area contributed by atoms with Crippen LogP contribution in [0.3, 0.4) is 0 Å². The van der Waals surface area contributed by atoms with Crippen LogP contribution in [0.2, 0.25) is 0 Å². The summed E-state index contributed by atoms with van der Waals surface area (Å²) in [7, 11) is 0. The molecule has 0 saturated heterocycles. The normalized spacial score (nSPS) is 10.8. The first-order chi connectivity index (χ1) is 6.45. The molecular formula is C11H14N2O. The average Bonchev–Trinajstić information content (AvgIpc) is 2.15. The Morgan fingerprint density at radius 3 is 2.07 bits per heavy atom. The van der Waals surface area contributed by atoms with Crippen molar-refractivity contribution in [2.45, 2.75) is 26.3 Å². The smallest absolute Gasteiger partial charge is 0.187 e. The van der Waals surface area contributed by atoms with Crippen molar-refractivity contribution in [3.63, 3.8) is 0 Å². The van der Waals surface area contributed by atoms with Crippen molar-refractivity contribution in [3.05, 3.63) is 35.7 Å². The topological polar surface area (TPSA) is 27.8 Å². The Balaban J connectivity index is 2.94. The van der Waals surface area contributed by atoms with Crippen molar-refractivity contribution in [3.8, 4) is 0 Å². The third-order valence-electron chi connectivity index (χ3n) is 1.86. The number of nitrogens with zero attached hydrogens (tertiary/aromatic N) is 2. The molecule has 0 fully saturated rings. The first-order valence-corrected chi connectivity index (χ1v) is 4.42. The van der Waals surface area contributed by atoms with E-state index >= 15 is 0 Å². The highest BCUT2D eigenvalue weighted by Gasteiger charge is 2.19. The molecule has 14 heavy (non-hydrogen) atoms. The van der Waals surface area contributed by atoms with E-state index in [4.69, 9.17) is 6.57 Å². The lowest BCUT2D eigenvalue weighted by Gasteiger charge is -2.31. The summed E-state index contributed by atoms with van der Waals surface area (Å²) in [5.74, 6) is 0. The number of hydrogen-bond acceptors (Lipinski definition) is 2. The summed E-state index contributed by atoms with van der Waals surface area (Å²) >= 11 is 0. The van der Waals surface area contributed by atoms with Gasteiger partial charge in [-0.3, -0.25) is 10.3 Å². The lowest BCUT2D eigenvalue weighted by atomic mass is 10.1. The maximum Gasteiger partial charge on any atom is 0.187 e. The number of hydrogen-bond donors (Lipinski definition) is 1. The Bertz CT molecular complexity index is 343. The number of rotatable bonds is 1. The van der Waals surface area contributed by atoms with E-state index in [0.29, 0.717) is 11.4 Å². The van der Waals surface area contributed by atoms with E-state index in [0.717, 1.165) is 0 Å². The molecule has 74 valence electrons. The van der Waals surface area contributed by atoms with Crippen LogP contribution < -0.4 is 5.06 Å². The molecule has 1 aromatic carbocycles. The molecule has 0 amide bonds. The predicted octanol–water partition coefficient (Wildman–Crippen LogP) is 3.23. The summed E-state index contributed by atoms with van der Waals surface area (Å²) in [6.07, 6.45) is 0. The van der Waals surface area contributed by atoms with Crippen molar-refractivity contribution < 1.29 is 5.21 Å². The highest BCUT2D eigenvalue weighted by Crippen LogP contribution is 2.23. The second-order valence-corrected chi connectivity index (χ2v) is 4.11. The van der Waals surface area contributed by atoms with Crippen molar-refractivity contribution in [1.29, 1.82) is 0 Å². The fourth-order valence-electron chi connectivity index (χ4n) is 1.06. The van der Waals surface area contributed by atoms with Crippen molar-refractivity contribution >= 4 is 11.4 Å². The van der Waals surface area contributed by atoms with E-state index in [1.54, 1.807) is 24.3 Å². The van der Waals surface area contributed by atoms with Crippen molar-refractivity contribution in [2.24, 2.45) is 0 Å². The minimum atomic E-state index is -0.334. The zero-order valence-electron chi connectivity index (χ0n) is 8.65. The Kier molecular flexibility index (Phi) is 2.78. The first kappa shape index (κ1) is 10.6. The fourth-order valence-corrected chi connectivity index (χ4v) is 1.06. The van der Waals surface area contributed by atoms with Crippen LogP contribution in [0.15, 0.2) is 24.3 Å². The van der Waals surface area contributed by atoms with Crippen LogP contribution in [0.1, 0.15) is 20.8 Å². The molecule has 0 unspecified atom stereocenters. The Hall–Kier alpha value is -1.53. The number of anilines is 1. The Morgan fingerprint density at radius 2 is 1.71 bits per heavy atom. The summed E-state index contributed by atoms with van der Waals surface area (Å²) < 4.78 is 0. The van der Waals surface area contributed by atoms with Gasteiger partial charge in [0.2, 0.25) is 0 Å². The summed E-state index contributed by atoms with van der Waals surface area (Å²) in [4.78, 5) is 3.28. The molecule has 1 rings (SSSR count). The van der Waals surface area contributed by atoms with E-state index < -0.39 is 0 Å². The van der Waals surface area contributed by atoms with Gasteiger partial charge in [-0.1, -0.05) is 12.1 Å². The molecule has 1 aromatic rings. The van der Waals surface area contributed by atoms with E-state index in [2.05, 4.69) is 4.85 Å². The largest absolute Gasteiger partial charge is 0.288 e. The van der Waals surface area contributed by atoms with Crippen LogP contribution in [-0.2, 0) is 0 Å². The second-order valence-electron chi connectivity index (χ2n) is 4.11. The van der Waals surface area contributed by atoms with E-state index in [1.807, 2.05) is 20.8 Å². The van der Waals surface area contributed by atoms with Gasteiger partial charge in [0.25, 0.3) is 0 Å². The molecule has 1 N–H and O–H groups in total.